The molecule has 2 N–H and O–H groups in total. The molecule has 108 valence electrons. The standard InChI is InChI=1S/C15H19ClFN3/c1-3-4-5-9-12-13(15(18)20(2)19-12)10-7-6-8-11(16)14(10)17/h6-8H,3-5,9,18H2,1-2H3. The van der Waals surface area contributed by atoms with Crippen LogP contribution in [-0.2, 0) is 13.5 Å². The van der Waals surface area contributed by atoms with Crippen molar-refractivity contribution in [1.29, 1.82) is 0 Å². The van der Waals surface area contributed by atoms with Crippen LogP contribution < -0.4 is 5.73 Å². The van der Waals surface area contributed by atoms with Gasteiger partial charge in [-0.1, -0.05) is 43.5 Å². The molecule has 0 atom stereocenters. The van der Waals surface area contributed by atoms with E-state index in [0.29, 0.717) is 16.9 Å². The summed E-state index contributed by atoms with van der Waals surface area (Å²) in [5, 5.41) is 4.51. The summed E-state index contributed by atoms with van der Waals surface area (Å²) in [6.07, 6.45) is 4.05. The molecule has 0 aliphatic heterocycles. The first-order valence-electron chi connectivity index (χ1n) is 6.82. The van der Waals surface area contributed by atoms with Crippen LogP contribution in [0.5, 0.6) is 0 Å². The molecule has 0 saturated heterocycles. The molecule has 2 rings (SSSR count). The molecule has 0 bridgehead atoms. The Bertz CT molecular complexity index is 607. The van der Waals surface area contributed by atoms with Gasteiger partial charge in [0, 0.05) is 18.2 Å². The lowest BCUT2D eigenvalue weighted by Gasteiger charge is -2.06. The number of unbranched alkanes of at least 4 members (excludes halogenated alkanes) is 2. The van der Waals surface area contributed by atoms with E-state index in [1.165, 1.54) is 6.07 Å². The zero-order chi connectivity index (χ0) is 14.7. The van der Waals surface area contributed by atoms with Gasteiger partial charge in [0.15, 0.2) is 0 Å². The van der Waals surface area contributed by atoms with Crippen LogP contribution in [-0.4, -0.2) is 9.78 Å². The van der Waals surface area contributed by atoms with Gasteiger partial charge in [-0.3, -0.25) is 4.68 Å². The molecule has 5 heteroatoms. The minimum absolute atomic E-state index is 0.102. The van der Waals surface area contributed by atoms with E-state index in [9.17, 15) is 4.39 Å². The minimum atomic E-state index is -0.439. The molecule has 0 radical (unpaired) electrons. The highest BCUT2D eigenvalue weighted by atomic mass is 35.5. The Morgan fingerprint density at radius 2 is 2.10 bits per heavy atom. The van der Waals surface area contributed by atoms with Crippen LogP contribution in [0.3, 0.4) is 0 Å². The molecule has 0 unspecified atom stereocenters. The molecule has 1 aromatic carbocycles. The summed E-state index contributed by atoms with van der Waals surface area (Å²) < 4.78 is 15.8. The summed E-state index contributed by atoms with van der Waals surface area (Å²) in [6, 6.07) is 4.95. The second-order valence-electron chi connectivity index (χ2n) is 4.89. The maximum absolute atomic E-state index is 14.2. The van der Waals surface area contributed by atoms with Crippen LogP contribution in [0.2, 0.25) is 5.02 Å². The van der Waals surface area contributed by atoms with Crippen LogP contribution in [0.15, 0.2) is 18.2 Å². The van der Waals surface area contributed by atoms with Crippen LogP contribution in [0.25, 0.3) is 11.1 Å². The predicted molar refractivity (Wildman–Crippen MR) is 81.3 cm³/mol. The highest BCUT2D eigenvalue weighted by Gasteiger charge is 2.19. The zero-order valence-electron chi connectivity index (χ0n) is 11.8. The molecular weight excluding hydrogens is 277 g/mol. The number of benzene rings is 1. The van der Waals surface area contributed by atoms with Gasteiger partial charge < -0.3 is 5.73 Å². The Labute approximate surface area is 123 Å². The fourth-order valence-corrected chi connectivity index (χ4v) is 2.48. The van der Waals surface area contributed by atoms with Crippen molar-refractivity contribution < 1.29 is 4.39 Å². The van der Waals surface area contributed by atoms with E-state index in [0.717, 1.165) is 31.4 Å². The number of aryl methyl sites for hydroxylation is 2. The first kappa shape index (κ1) is 14.9. The third-order valence-electron chi connectivity index (χ3n) is 3.40. The highest BCUT2D eigenvalue weighted by Crippen LogP contribution is 2.34. The van der Waals surface area contributed by atoms with E-state index in [1.54, 1.807) is 23.9 Å². The lowest BCUT2D eigenvalue weighted by atomic mass is 10.0. The molecule has 0 aliphatic carbocycles. The molecule has 0 spiro atoms. The van der Waals surface area contributed by atoms with Gasteiger partial charge in [-0.2, -0.15) is 5.10 Å². The normalized spacial score (nSPS) is 11.0. The Morgan fingerprint density at radius 3 is 2.80 bits per heavy atom. The van der Waals surface area contributed by atoms with Gasteiger partial charge >= 0.3 is 0 Å². The molecule has 0 aliphatic rings. The predicted octanol–water partition coefficient (Wildman–Crippen LogP) is 4.19. The molecular formula is C15H19ClFN3. The molecule has 0 fully saturated rings. The average molecular weight is 296 g/mol. The number of nitrogen functional groups attached to an aromatic ring is 1. The van der Waals surface area contributed by atoms with Crippen molar-refractivity contribution in [2.75, 3.05) is 5.73 Å². The zero-order valence-corrected chi connectivity index (χ0v) is 12.5. The first-order valence-corrected chi connectivity index (χ1v) is 7.19. The van der Waals surface area contributed by atoms with Crippen molar-refractivity contribution in [2.45, 2.75) is 32.6 Å². The van der Waals surface area contributed by atoms with E-state index < -0.39 is 5.82 Å². The SMILES string of the molecule is CCCCCc1nn(C)c(N)c1-c1cccc(Cl)c1F. The largest absolute Gasteiger partial charge is 0.383 e. The second-order valence-corrected chi connectivity index (χ2v) is 5.30. The summed E-state index contributed by atoms with van der Waals surface area (Å²) >= 11 is 5.86. The van der Waals surface area contributed by atoms with E-state index in [-0.39, 0.29) is 5.02 Å². The lowest BCUT2D eigenvalue weighted by Crippen LogP contribution is -1.98. The van der Waals surface area contributed by atoms with Crippen LogP contribution in [0, 0.1) is 5.82 Å². The maximum Gasteiger partial charge on any atom is 0.149 e. The number of nitrogens with zero attached hydrogens (tertiary/aromatic N) is 2. The lowest BCUT2D eigenvalue weighted by molar-refractivity contribution is 0.631. The van der Waals surface area contributed by atoms with Crippen molar-refractivity contribution in [2.24, 2.45) is 7.05 Å². The number of aromatic nitrogens is 2. The van der Waals surface area contributed by atoms with Gasteiger partial charge in [-0.05, 0) is 18.9 Å². The Kier molecular flexibility index (Phi) is 4.65. The second kappa shape index (κ2) is 6.27. The van der Waals surface area contributed by atoms with Crippen molar-refractivity contribution in [1.82, 2.24) is 9.78 Å². The first-order chi connectivity index (χ1) is 9.56. The fraction of sp³-hybridized carbons (Fsp3) is 0.400. The Balaban J connectivity index is 2.46. The van der Waals surface area contributed by atoms with Crippen molar-refractivity contribution in [3.8, 4) is 11.1 Å². The summed E-state index contributed by atoms with van der Waals surface area (Å²) in [7, 11) is 1.77. The summed E-state index contributed by atoms with van der Waals surface area (Å²) in [5.74, 6) is 0.0308. The van der Waals surface area contributed by atoms with Gasteiger partial charge in [-0.25, -0.2) is 4.39 Å². The summed E-state index contributed by atoms with van der Waals surface area (Å²) in [5.41, 5.74) is 7.98. The summed E-state index contributed by atoms with van der Waals surface area (Å²) in [6.45, 7) is 2.14. The smallest absolute Gasteiger partial charge is 0.149 e. The van der Waals surface area contributed by atoms with Crippen molar-refractivity contribution >= 4 is 17.4 Å². The third kappa shape index (κ3) is 2.80. The van der Waals surface area contributed by atoms with Gasteiger partial charge in [-0.15, -0.1) is 0 Å². The fourth-order valence-electron chi connectivity index (χ4n) is 2.30. The number of nitrogens with two attached hydrogens (primary N) is 1. The van der Waals surface area contributed by atoms with Gasteiger partial charge in [0.2, 0.25) is 0 Å². The van der Waals surface area contributed by atoms with E-state index in [4.69, 9.17) is 17.3 Å². The van der Waals surface area contributed by atoms with Gasteiger partial charge in [0.25, 0.3) is 0 Å². The Morgan fingerprint density at radius 1 is 1.35 bits per heavy atom. The molecule has 1 aromatic heterocycles. The molecule has 20 heavy (non-hydrogen) atoms. The molecule has 0 saturated carbocycles. The van der Waals surface area contributed by atoms with Crippen LogP contribution >= 0.6 is 11.6 Å². The van der Waals surface area contributed by atoms with Crippen molar-refractivity contribution in [3.05, 3.63) is 34.7 Å². The van der Waals surface area contributed by atoms with E-state index >= 15 is 0 Å². The monoisotopic (exact) mass is 295 g/mol. The van der Waals surface area contributed by atoms with Crippen LogP contribution in [0.1, 0.15) is 31.9 Å². The molecule has 0 amide bonds. The molecule has 2 aromatic rings. The van der Waals surface area contributed by atoms with Crippen LogP contribution in [0.4, 0.5) is 10.2 Å². The van der Waals surface area contributed by atoms with E-state index in [1.807, 2.05) is 0 Å². The number of rotatable bonds is 5. The average Bonchev–Trinajstić information content (AvgIpc) is 2.69. The number of hydrogen-bond acceptors (Lipinski definition) is 2. The highest BCUT2D eigenvalue weighted by molar-refractivity contribution is 6.31. The number of hydrogen-bond donors (Lipinski definition) is 1. The summed E-state index contributed by atoms with van der Waals surface area (Å²) in [4.78, 5) is 0. The Hall–Kier alpha value is -1.55. The number of anilines is 1. The minimum Gasteiger partial charge on any atom is -0.383 e. The quantitative estimate of drug-likeness (QED) is 0.840. The van der Waals surface area contributed by atoms with Gasteiger partial charge in [0.05, 0.1) is 10.7 Å². The van der Waals surface area contributed by atoms with Gasteiger partial charge in [0.1, 0.15) is 11.6 Å². The maximum atomic E-state index is 14.2. The molecule has 1 heterocycles. The topological polar surface area (TPSA) is 43.8 Å². The third-order valence-corrected chi connectivity index (χ3v) is 3.69. The van der Waals surface area contributed by atoms with Crippen molar-refractivity contribution in [3.63, 3.8) is 0 Å². The van der Waals surface area contributed by atoms with E-state index in [2.05, 4.69) is 12.0 Å². The number of halogens is 2. The molecule has 3 nitrogen and oxygen atoms in total.